The van der Waals surface area contributed by atoms with Crippen LogP contribution in [0.1, 0.15) is 55.4 Å². The first-order valence-electron chi connectivity index (χ1n) is 15.0. The molecule has 2 saturated carbocycles. The van der Waals surface area contributed by atoms with Gasteiger partial charge in [0.1, 0.15) is 0 Å². The zero-order valence-electron chi connectivity index (χ0n) is 29.0. The molecule has 2 rings (SSSR count). The van der Waals surface area contributed by atoms with E-state index in [1.165, 1.54) is 0 Å². The van der Waals surface area contributed by atoms with Crippen LogP contribution >= 0.6 is 0 Å². The molecule has 8 atom stereocenters. The minimum Gasteiger partial charge on any atom is -0.663 e. The molecule has 0 aromatic heterocycles. The number of hydrogen-bond donors (Lipinski definition) is 0. The van der Waals surface area contributed by atoms with E-state index in [1.54, 1.807) is 0 Å². The van der Waals surface area contributed by atoms with Gasteiger partial charge in [0.25, 0.3) is 0 Å². The van der Waals surface area contributed by atoms with E-state index in [2.05, 4.69) is 120 Å². The summed E-state index contributed by atoms with van der Waals surface area (Å²) in [5, 5.41) is 0. The van der Waals surface area contributed by atoms with Crippen molar-refractivity contribution in [3.63, 3.8) is 0 Å². The van der Waals surface area contributed by atoms with E-state index in [0.717, 1.165) is 84.6 Å². The molecule has 2 aliphatic rings. The van der Waals surface area contributed by atoms with Crippen LogP contribution in [0.2, 0.25) is 37.3 Å². The van der Waals surface area contributed by atoms with E-state index in [4.69, 9.17) is 9.96 Å². The van der Waals surface area contributed by atoms with Gasteiger partial charge in [0.15, 0.2) is 0 Å². The second-order valence-electron chi connectivity index (χ2n) is 14.6. The average Bonchev–Trinajstić information content (AvgIpc) is 3.06. The van der Waals surface area contributed by atoms with E-state index < -0.39 is 16.5 Å². The summed E-state index contributed by atoms with van der Waals surface area (Å²) in [5.41, 5.74) is 1.73. The van der Waals surface area contributed by atoms with Crippen LogP contribution in [-0.4, -0.2) is 99.5 Å². The van der Waals surface area contributed by atoms with Gasteiger partial charge in [-0.05, 0) is 88.6 Å². The van der Waals surface area contributed by atoms with Crippen LogP contribution < -0.4 is 0 Å². The largest absolute Gasteiger partial charge is 0.663 e. The van der Waals surface area contributed by atoms with Crippen molar-refractivity contribution in [1.29, 1.82) is 0 Å². The molecule has 8 unspecified atom stereocenters. The molecule has 8 heteroatoms. The molecule has 2 aliphatic carbocycles. The van der Waals surface area contributed by atoms with Gasteiger partial charge >= 0.3 is 0 Å². The summed E-state index contributed by atoms with van der Waals surface area (Å²) in [7, 11) is 5.64. The predicted molar refractivity (Wildman–Crippen MR) is 175 cm³/mol. The SMILES string of the molecule is CC1C(C)C(C)C([Si](C)(C)[N-]CCN(C)C)C1C.CC1C(C)C(C)C([Si](C)(C)[N-]CCN(C)C)C1C.[Li].[Y]. The first kappa shape index (κ1) is 42.1. The van der Waals surface area contributed by atoms with Crippen LogP contribution in [0.25, 0.3) is 9.96 Å². The molecule has 0 heterocycles. The number of likely N-dealkylation sites (N-methyl/N-ethyl adjacent to an activating group) is 2. The third-order valence-corrected chi connectivity index (χ3v) is 18.4. The van der Waals surface area contributed by atoms with Gasteiger partial charge in [0.05, 0.1) is 0 Å². The van der Waals surface area contributed by atoms with Gasteiger partial charge in [-0.15, -0.1) is 13.1 Å². The Hall–Kier alpha value is 1.98. The third kappa shape index (κ3) is 11.2. The van der Waals surface area contributed by atoms with Crippen molar-refractivity contribution in [3.8, 4) is 0 Å². The fraction of sp³-hybridized carbons (Fsp3) is 1.00. The molecule has 0 spiro atoms. The Balaban J connectivity index is 0. The summed E-state index contributed by atoms with van der Waals surface area (Å²) in [6, 6.07) is 0. The van der Waals surface area contributed by atoms with E-state index in [9.17, 15) is 0 Å². The van der Waals surface area contributed by atoms with Crippen LogP contribution in [0, 0.1) is 47.3 Å². The molecular weight excluding hydrogens is 568 g/mol. The molecule has 220 valence electrons. The Morgan fingerprint density at radius 1 is 0.474 bits per heavy atom. The summed E-state index contributed by atoms with van der Waals surface area (Å²) in [5.74, 6) is 6.84. The van der Waals surface area contributed by atoms with Crippen molar-refractivity contribution in [2.75, 3.05) is 54.4 Å². The van der Waals surface area contributed by atoms with Crippen molar-refractivity contribution in [2.24, 2.45) is 47.3 Å². The van der Waals surface area contributed by atoms with Crippen molar-refractivity contribution < 1.29 is 32.7 Å². The molecule has 0 N–H and O–H groups in total. The molecule has 0 aromatic rings. The maximum Gasteiger partial charge on any atom is 0 e. The zero-order valence-corrected chi connectivity index (χ0v) is 33.8. The van der Waals surface area contributed by atoms with Gasteiger partial charge < -0.3 is 19.8 Å². The molecular formula is C30H66LiN4Si2Y-2. The number of nitrogens with zero attached hydrogens (tertiary/aromatic N) is 4. The monoisotopic (exact) mass is 634 g/mol. The van der Waals surface area contributed by atoms with Gasteiger partial charge in [-0.3, -0.25) is 0 Å². The van der Waals surface area contributed by atoms with E-state index in [-0.39, 0.29) is 51.6 Å². The Bertz CT molecular complexity index is 570. The van der Waals surface area contributed by atoms with Crippen molar-refractivity contribution >= 4 is 35.3 Å². The Morgan fingerprint density at radius 3 is 0.868 bits per heavy atom. The van der Waals surface area contributed by atoms with Crippen LogP contribution in [-0.2, 0) is 32.7 Å². The summed E-state index contributed by atoms with van der Waals surface area (Å²) in [4.78, 5) is 14.8. The van der Waals surface area contributed by atoms with Gasteiger partial charge in [-0.2, -0.15) is 0 Å². The number of rotatable bonds is 10. The first-order valence-corrected chi connectivity index (χ1v) is 21.1. The molecule has 38 heavy (non-hydrogen) atoms. The summed E-state index contributed by atoms with van der Waals surface area (Å²) in [6.07, 6.45) is 0. The van der Waals surface area contributed by atoms with Crippen molar-refractivity contribution in [1.82, 2.24) is 9.80 Å². The molecule has 0 aliphatic heterocycles. The smallest absolute Gasteiger partial charge is 0 e. The standard InChI is InChI=1S/2C15H33N2Si.Li.Y/c2*1-11-12(2)14(4)15(13(11)3)18(7,8)16-9-10-17(5)6;;/h2*11-15H,9-10H2,1-8H3;;/q2*-1;;. The first-order chi connectivity index (χ1) is 16.4. The summed E-state index contributed by atoms with van der Waals surface area (Å²) < 4.78 is 0. The van der Waals surface area contributed by atoms with Crippen molar-refractivity contribution in [2.45, 2.75) is 92.7 Å². The molecule has 0 bridgehead atoms. The summed E-state index contributed by atoms with van der Waals surface area (Å²) >= 11 is 0. The molecule has 2 fully saturated rings. The topological polar surface area (TPSA) is 34.7 Å². The molecule has 4 nitrogen and oxygen atoms in total. The van der Waals surface area contributed by atoms with Gasteiger partial charge in [-0.1, -0.05) is 109 Å². The summed E-state index contributed by atoms with van der Waals surface area (Å²) in [6.45, 7) is 33.8. The van der Waals surface area contributed by atoms with Crippen LogP contribution in [0.3, 0.4) is 0 Å². The van der Waals surface area contributed by atoms with Crippen LogP contribution in [0.4, 0.5) is 0 Å². The Kier molecular flexibility index (Phi) is 19.9. The predicted octanol–water partition coefficient (Wildman–Crippen LogP) is 7.73. The third-order valence-electron chi connectivity index (χ3n) is 11.0. The molecule has 0 amide bonds. The zero-order chi connectivity index (χ0) is 28.2. The maximum atomic E-state index is 5.15. The minimum absolute atomic E-state index is 0. The second kappa shape index (κ2) is 17.9. The maximum absolute atomic E-state index is 5.15. The number of hydrogen-bond acceptors (Lipinski definition) is 2. The minimum atomic E-state index is -1.45. The second-order valence-corrected chi connectivity index (χ2v) is 23.2. The molecule has 2 radical (unpaired) electrons. The Morgan fingerprint density at radius 2 is 0.684 bits per heavy atom. The van der Waals surface area contributed by atoms with Crippen LogP contribution in [0.5, 0.6) is 0 Å². The van der Waals surface area contributed by atoms with Gasteiger partial charge in [0.2, 0.25) is 0 Å². The fourth-order valence-corrected chi connectivity index (χ4v) is 16.2. The Labute approximate surface area is 280 Å². The van der Waals surface area contributed by atoms with Crippen molar-refractivity contribution in [3.05, 3.63) is 9.96 Å². The fourth-order valence-electron chi connectivity index (χ4n) is 8.04. The van der Waals surface area contributed by atoms with Gasteiger partial charge in [-0.25, -0.2) is 0 Å². The normalized spacial score (nSPS) is 35.5. The van der Waals surface area contributed by atoms with E-state index in [0.29, 0.717) is 0 Å². The van der Waals surface area contributed by atoms with Crippen LogP contribution in [0.15, 0.2) is 0 Å². The molecule has 0 aromatic carbocycles. The van der Waals surface area contributed by atoms with E-state index >= 15 is 0 Å². The van der Waals surface area contributed by atoms with E-state index in [1.807, 2.05) is 0 Å². The van der Waals surface area contributed by atoms with Gasteiger partial charge in [0, 0.05) is 51.6 Å². The average molecular weight is 635 g/mol. The molecule has 0 saturated heterocycles. The quantitative estimate of drug-likeness (QED) is 0.231.